The van der Waals surface area contributed by atoms with Crippen molar-refractivity contribution < 1.29 is 42.9 Å². The third-order valence-corrected chi connectivity index (χ3v) is 12.2. The number of ether oxygens (including phenoxy) is 4. The molecule has 65 heavy (non-hydrogen) atoms. The number of carbonyl (C=O) groups is 3. The van der Waals surface area contributed by atoms with Crippen LogP contribution in [0.4, 0.5) is 0 Å². The van der Waals surface area contributed by atoms with Gasteiger partial charge in [0.15, 0.2) is 12.4 Å². The van der Waals surface area contributed by atoms with Crippen LogP contribution in [-0.4, -0.2) is 82.3 Å². The number of hydrogen-bond acceptors (Lipinski definition) is 8. The fourth-order valence-corrected chi connectivity index (χ4v) is 7.92. The number of carboxylic acid groups (broad SMARTS) is 1. The maximum Gasteiger partial charge on any atom is 0.306 e. The van der Waals surface area contributed by atoms with Gasteiger partial charge in [-0.05, 0) is 44.9 Å². The number of allylic oxidation sites excluding steroid dienone is 4. The van der Waals surface area contributed by atoms with Gasteiger partial charge < -0.3 is 33.3 Å². The molecule has 0 saturated carbocycles. The zero-order chi connectivity index (χ0) is 47.7. The highest BCUT2D eigenvalue weighted by Crippen LogP contribution is 2.17. The second kappa shape index (κ2) is 48.2. The zero-order valence-electron chi connectivity index (χ0n) is 43.4. The van der Waals surface area contributed by atoms with Crippen molar-refractivity contribution in [1.82, 2.24) is 0 Å². The molecule has 9 nitrogen and oxygen atoms in total. The average Bonchev–Trinajstić information content (AvgIpc) is 3.27. The number of aliphatic carboxylic acids is 1. The molecule has 0 N–H and O–H groups in total. The molecule has 0 aliphatic carbocycles. The monoisotopic (exact) mass is 920 g/mol. The quantitative estimate of drug-likeness (QED) is 0.0195. The van der Waals surface area contributed by atoms with Crippen LogP contribution in [-0.2, 0) is 33.3 Å². The molecule has 0 aromatic heterocycles. The zero-order valence-corrected chi connectivity index (χ0v) is 43.4. The molecule has 9 heteroatoms. The van der Waals surface area contributed by atoms with E-state index < -0.39 is 24.3 Å². The van der Waals surface area contributed by atoms with Crippen molar-refractivity contribution in [2.45, 2.75) is 270 Å². The minimum Gasteiger partial charge on any atom is -0.545 e. The number of carboxylic acids is 1. The van der Waals surface area contributed by atoms with Crippen molar-refractivity contribution in [2.75, 3.05) is 47.5 Å². The Kier molecular flexibility index (Phi) is 46.6. The number of carbonyl (C=O) groups excluding carboxylic acids is 3. The van der Waals surface area contributed by atoms with E-state index in [4.69, 9.17) is 18.9 Å². The van der Waals surface area contributed by atoms with E-state index in [0.717, 1.165) is 51.4 Å². The first-order valence-corrected chi connectivity index (χ1v) is 27.5. The van der Waals surface area contributed by atoms with Crippen LogP contribution in [0.1, 0.15) is 258 Å². The summed E-state index contributed by atoms with van der Waals surface area (Å²) in [5.74, 6) is -2.27. The van der Waals surface area contributed by atoms with Crippen LogP contribution in [0.15, 0.2) is 24.3 Å². The van der Waals surface area contributed by atoms with Gasteiger partial charge in [0, 0.05) is 12.8 Å². The van der Waals surface area contributed by atoms with Crippen molar-refractivity contribution >= 4 is 17.9 Å². The molecule has 0 aliphatic rings. The third kappa shape index (κ3) is 49.5. The van der Waals surface area contributed by atoms with Crippen molar-refractivity contribution in [3.63, 3.8) is 0 Å². The lowest BCUT2D eigenvalue weighted by Gasteiger charge is -2.26. The van der Waals surface area contributed by atoms with Crippen LogP contribution in [0.3, 0.4) is 0 Å². The summed E-state index contributed by atoms with van der Waals surface area (Å²) in [7, 11) is 5.92. The summed E-state index contributed by atoms with van der Waals surface area (Å²) >= 11 is 0. The standard InChI is InChI=1S/C56H105NO8/c1-6-8-10-12-14-16-18-20-22-24-26-27-29-30-32-34-36-38-40-42-44-46-53(58)63-50-52(51-64-56(55(60)61)62-49-48-57(3,4)5)65-54(59)47-45-43-41-39-37-35-33-31-28-25-23-21-19-17-15-13-11-9-7-2/h15,17,21,23,52,56H,6-14,16,18-20,22,24-51H2,1-5H3/b17-15-,23-21-. The number of esters is 2. The predicted molar refractivity (Wildman–Crippen MR) is 270 cm³/mol. The minimum atomic E-state index is -1.62. The summed E-state index contributed by atoms with van der Waals surface area (Å²) in [6.07, 6.45) is 52.1. The largest absolute Gasteiger partial charge is 0.545 e. The summed E-state index contributed by atoms with van der Waals surface area (Å²) in [6, 6.07) is 0. The molecule has 0 radical (unpaired) electrons. The number of hydrogen-bond donors (Lipinski definition) is 0. The first-order chi connectivity index (χ1) is 31.6. The smallest absolute Gasteiger partial charge is 0.306 e. The van der Waals surface area contributed by atoms with Gasteiger partial charge in [0.25, 0.3) is 0 Å². The predicted octanol–water partition coefficient (Wildman–Crippen LogP) is 14.2. The lowest BCUT2D eigenvalue weighted by molar-refractivity contribution is -0.870. The molecule has 0 aromatic carbocycles. The van der Waals surface area contributed by atoms with Gasteiger partial charge in [-0.15, -0.1) is 0 Å². The van der Waals surface area contributed by atoms with Crippen LogP contribution >= 0.6 is 0 Å². The SMILES string of the molecule is CCCCC/C=C\C/C=C\CCCCCCCCCCCC(=O)OC(COC(=O)CCCCCCCCCCCCCCCCCCCCCCC)COC(OCC[N+](C)(C)C)C(=O)[O-]. The van der Waals surface area contributed by atoms with E-state index in [1.54, 1.807) is 0 Å². The van der Waals surface area contributed by atoms with Gasteiger partial charge in [-0.25, -0.2) is 0 Å². The molecule has 0 spiro atoms. The Hall–Kier alpha value is -2.23. The molecule has 0 saturated heterocycles. The molecule has 0 fully saturated rings. The Bertz CT molecular complexity index is 1120. The van der Waals surface area contributed by atoms with E-state index in [1.807, 2.05) is 21.1 Å². The molecule has 2 unspecified atom stereocenters. The molecule has 382 valence electrons. The summed E-state index contributed by atoms with van der Waals surface area (Å²) < 4.78 is 22.7. The average molecular weight is 920 g/mol. The number of likely N-dealkylation sites (N-methyl/N-ethyl adjacent to an activating group) is 1. The van der Waals surface area contributed by atoms with E-state index in [2.05, 4.69) is 38.2 Å². The van der Waals surface area contributed by atoms with Crippen LogP contribution in [0.2, 0.25) is 0 Å². The lowest BCUT2D eigenvalue weighted by Crippen LogP contribution is -2.44. The molecular weight excluding hydrogens is 815 g/mol. The van der Waals surface area contributed by atoms with Crippen molar-refractivity contribution in [1.29, 1.82) is 0 Å². The first kappa shape index (κ1) is 62.8. The Labute approximate surface area is 401 Å². The Morgan fingerprint density at radius 3 is 1.25 bits per heavy atom. The van der Waals surface area contributed by atoms with Gasteiger partial charge in [-0.1, -0.05) is 224 Å². The number of unbranched alkanes of at least 4 members (excludes halogenated alkanes) is 32. The van der Waals surface area contributed by atoms with E-state index >= 15 is 0 Å². The summed E-state index contributed by atoms with van der Waals surface area (Å²) in [5.41, 5.74) is 0. The van der Waals surface area contributed by atoms with Gasteiger partial charge in [0.2, 0.25) is 0 Å². The van der Waals surface area contributed by atoms with Crippen molar-refractivity contribution in [2.24, 2.45) is 0 Å². The fourth-order valence-electron chi connectivity index (χ4n) is 7.92. The third-order valence-electron chi connectivity index (χ3n) is 12.2. The molecule has 0 rings (SSSR count). The fraction of sp³-hybridized carbons (Fsp3) is 0.875. The second-order valence-electron chi connectivity index (χ2n) is 19.9. The van der Waals surface area contributed by atoms with Gasteiger partial charge in [-0.3, -0.25) is 9.59 Å². The van der Waals surface area contributed by atoms with Gasteiger partial charge in [-0.2, -0.15) is 0 Å². The van der Waals surface area contributed by atoms with Gasteiger partial charge in [0.1, 0.15) is 13.2 Å². The molecular formula is C56H105NO8. The highest BCUT2D eigenvalue weighted by Gasteiger charge is 2.22. The highest BCUT2D eigenvalue weighted by atomic mass is 16.7. The molecule has 0 aromatic rings. The normalized spacial score (nSPS) is 12.9. The Morgan fingerprint density at radius 1 is 0.462 bits per heavy atom. The van der Waals surface area contributed by atoms with E-state index in [-0.39, 0.29) is 32.2 Å². The lowest BCUT2D eigenvalue weighted by atomic mass is 10.0. The number of rotatable bonds is 51. The van der Waals surface area contributed by atoms with Gasteiger partial charge in [0.05, 0.1) is 40.3 Å². The van der Waals surface area contributed by atoms with Crippen LogP contribution in [0.5, 0.6) is 0 Å². The maximum atomic E-state index is 12.8. The minimum absolute atomic E-state index is 0.149. The van der Waals surface area contributed by atoms with Crippen molar-refractivity contribution in [3.8, 4) is 0 Å². The molecule has 2 atom stereocenters. The Morgan fingerprint density at radius 2 is 0.831 bits per heavy atom. The maximum absolute atomic E-state index is 12.8. The molecule has 0 heterocycles. The number of quaternary nitrogens is 1. The van der Waals surface area contributed by atoms with E-state index in [9.17, 15) is 19.5 Å². The summed E-state index contributed by atoms with van der Waals surface area (Å²) in [5, 5.41) is 11.7. The van der Waals surface area contributed by atoms with Crippen LogP contribution in [0, 0.1) is 0 Å². The topological polar surface area (TPSA) is 111 Å². The highest BCUT2D eigenvalue weighted by molar-refractivity contribution is 5.70. The molecule has 0 bridgehead atoms. The van der Waals surface area contributed by atoms with Crippen LogP contribution < -0.4 is 5.11 Å². The van der Waals surface area contributed by atoms with Gasteiger partial charge >= 0.3 is 11.9 Å². The summed E-state index contributed by atoms with van der Waals surface area (Å²) in [4.78, 5) is 37.2. The second-order valence-corrected chi connectivity index (χ2v) is 19.9. The Balaban J connectivity index is 4.26. The first-order valence-electron chi connectivity index (χ1n) is 27.5. The van der Waals surface area contributed by atoms with Crippen molar-refractivity contribution in [3.05, 3.63) is 24.3 Å². The summed E-state index contributed by atoms with van der Waals surface area (Å²) in [6.45, 7) is 4.76. The number of nitrogens with zero attached hydrogens (tertiary/aromatic N) is 1. The van der Waals surface area contributed by atoms with E-state index in [0.29, 0.717) is 23.9 Å². The van der Waals surface area contributed by atoms with Crippen LogP contribution in [0.25, 0.3) is 0 Å². The van der Waals surface area contributed by atoms with E-state index in [1.165, 1.54) is 173 Å². The molecule has 0 aliphatic heterocycles. The molecule has 0 amide bonds.